The zero-order valence-electron chi connectivity index (χ0n) is 14.2. The molecule has 7 heteroatoms. The largest absolute Gasteiger partial charge is 0.342 e. The number of rotatable bonds is 3. The van der Waals surface area contributed by atoms with Crippen molar-refractivity contribution < 1.29 is 13.2 Å². The molecular formula is C18H23N3O3S. The minimum atomic E-state index is -3.69. The number of carbonyl (C=O) groups is 1. The van der Waals surface area contributed by atoms with Crippen molar-refractivity contribution in [3.63, 3.8) is 0 Å². The number of hydrogen-bond acceptors (Lipinski definition) is 4. The zero-order valence-corrected chi connectivity index (χ0v) is 15.0. The van der Waals surface area contributed by atoms with Crippen LogP contribution in [0, 0.1) is 17.2 Å². The fraction of sp³-hybridized carbons (Fsp3) is 0.556. The van der Waals surface area contributed by atoms with E-state index in [1.165, 1.54) is 22.9 Å². The lowest BCUT2D eigenvalue weighted by molar-refractivity contribution is -0.137. The highest BCUT2D eigenvalue weighted by molar-refractivity contribution is 7.89. The van der Waals surface area contributed by atoms with Gasteiger partial charge in [0, 0.05) is 32.1 Å². The van der Waals surface area contributed by atoms with Crippen LogP contribution in [0.1, 0.15) is 37.7 Å². The molecule has 0 atom stereocenters. The monoisotopic (exact) mass is 361 g/mol. The molecule has 1 amide bonds. The van der Waals surface area contributed by atoms with E-state index >= 15 is 0 Å². The number of carbonyl (C=O) groups excluding carboxylic acids is 1. The van der Waals surface area contributed by atoms with Crippen LogP contribution in [0.4, 0.5) is 0 Å². The van der Waals surface area contributed by atoms with E-state index in [0.29, 0.717) is 25.9 Å². The predicted octanol–water partition coefficient (Wildman–Crippen LogP) is 1.97. The maximum absolute atomic E-state index is 12.8. The summed E-state index contributed by atoms with van der Waals surface area (Å²) in [6, 6.07) is 8.21. The zero-order chi connectivity index (χ0) is 17.9. The van der Waals surface area contributed by atoms with Crippen molar-refractivity contribution in [2.45, 2.75) is 37.0 Å². The normalized spacial score (nSPS) is 20.2. The Hall–Kier alpha value is -1.91. The molecule has 0 radical (unpaired) electrons. The maximum atomic E-state index is 12.8. The van der Waals surface area contributed by atoms with Crippen LogP contribution in [0.2, 0.25) is 0 Å². The molecule has 0 spiro atoms. The molecule has 0 N–H and O–H groups in total. The molecule has 0 saturated carbocycles. The first-order chi connectivity index (χ1) is 12.0. The van der Waals surface area contributed by atoms with Crippen molar-refractivity contribution in [3.8, 4) is 6.07 Å². The first-order valence-corrected chi connectivity index (χ1v) is 10.3. The summed E-state index contributed by atoms with van der Waals surface area (Å²) in [5.41, 5.74) is 0.161. The standard InChI is InChI=1S/C18H23N3O3S/c19-14-16-6-2-3-7-17(16)25(23,24)21-12-8-15(9-13-21)18(22)20-10-4-1-5-11-20/h2-3,6-7,15H,1,4-5,8-13H2. The predicted molar refractivity (Wildman–Crippen MR) is 93.1 cm³/mol. The van der Waals surface area contributed by atoms with Crippen LogP contribution >= 0.6 is 0 Å². The molecule has 2 aliphatic heterocycles. The Balaban J connectivity index is 1.67. The fourth-order valence-electron chi connectivity index (χ4n) is 3.64. The second-order valence-corrected chi connectivity index (χ2v) is 8.58. The Bertz CT molecular complexity index is 771. The third-order valence-corrected chi connectivity index (χ3v) is 7.05. The van der Waals surface area contributed by atoms with Gasteiger partial charge >= 0.3 is 0 Å². The topological polar surface area (TPSA) is 81.5 Å². The Labute approximate surface area is 149 Å². The Morgan fingerprint density at radius 3 is 2.32 bits per heavy atom. The fourth-order valence-corrected chi connectivity index (χ4v) is 5.25. The van der Waals surface area contributed by atoms with Gasteiger partial charge in [-0.1, -0.05) is 12.1 Å². The summed E-state index contributed by atoms with van der Waals surface area (Å²) in [5, 5.41) is 9.16. The summed E-state index contributed by atoms with van der Waals surface area (Å²) in [6.07, 6.45) is 4.39. The quantitative estimate of drug-likeness (QED) is 0.824. The minimum absolute atomic E-state index is 0.0540. The average Bonchev–Trinajstić information content (AvgIpc) is 2.68. The van der Waals surface area contributed by atoms with E-state index < -0.39 is 10.0 Å². The van der Waals surface area contributed by atoms with Gasteiger partial charge in [0.05, 0.1) is 10.5 Å². The van der Waals surface area contributed by atoms with Crippen LogP contribution in [0.5, 0.6) is 0 Å². The summed E-state index contributed by atoms with van der Waals surface area (Å²) < 4.78 is 27.1. The number of likely N-dealkylation sites (tertiary alicyclic amines) is 1. The first-order valence-electron chi connectivity index (χ1n) is 8.82. The summed E-state index contributed by atoms with van der Waals surface area (Å²) in [6.45, 7) is 2.30. The third-order valence-electron chi connectivity index (χ3n) is 5.10. The second kappa shape index (κ2) is 7.54. The number of amides is 1. The molecule has 0 unspecified atom stereocenters. The Morgan fingerprint density at radius 2 is 1.68 bits per heavy atom. The van der Waals surface area contributed by atoms with Crippen LogP contribution < -0.4 is 0 Å². The number of nitrogens with zero attached hydrogens (tertiary/aromatic N) is 3. The maximum Gasteiger partial charge on any atom is 0.244 e. The molecule has 6 nitrogen and oxygen atoms in total. The lowest BCUT2D eigenvalue weighted by Gasteiger charge is -2.35. The van der Waals surface area contributed by atoms with Gasteiger partial charge in [0.15, 0.2) is 0 Å². The summed E-state index contributed by atoms with van der Waals surface area (Å²) >= 11 is 0. The lowest BCUT2D eigenvalue weighted by atomic mass is 9.95. The highest BCUT2D eigenvalue weighted by Gasteiger charge is 2.34. The van der Waals surface area contributed by atoms with E-state index in [1.807, 2.05) is 11.0 Å². The smallest absolute Gasteiger partial charge is 0.244 e. The molecule has 2 saturated heterocycles. The number of hydrogen-bond donors (Lipinski definition) is 0. The molecule has 2 heterocycles. The van der Waals surface area contributed by atoms with E-state index in [2.05, 4.69) is 0 Å². The molecule has 0 bridgehead atoms. The number of piperidine rings is 2. The Kier molecular flexibility index (Phi) is 5.40. The van der Waals surface area contributed by atoms with Gasteiger partial charge in [0.1, 0.15) is 6.07 Å². The van der Waals surface area contributed by atoms with Crippen molar-refractivity contribution in [3.05, 3.63) is 29.8 Å². The number of sulfonamides is 1. The van der Waals surface area contributed by atoms with E-state index in [4.69, 9.17) is 5.26 Å². The van der Waals surface area contributed by atoms with Gasteiger partial charge < -0.3 is 4.90 Å². The van der Waals surface area contributed by atoms with E-state index in [0.717, 1.165) is 25.9 Å². The van der Waals surface area contributed by atoms with Gasteiger partial charge in [0.2, 0.25) is 15.9 Å². The SMILES string of the molecule is N#Cc1ccccc1S(=O)(=O)N1CCC(C(=O)N2CCCCC2)CC1. The summed E-state index contributed by atoms with van der Waals surface area (Å²) in [5.74, 6) is 0.0879. The van der Waals surface area contributed by atoms with Crippen LogP contribution in [-0.2, 0) is 14.8 Å². The highest BCUT2D eigenvalue weighted by atomic mass is 32.2. The van der Waals surface area contributed by atoms with Crippen molar-refractivity contribution in [1.82, 2.24) is 9.21 Å². The van der Waals surface area contributed by atoms with Crippen LogP contribution in [0.15, 0.2) is 29.2 Å². The molecule has 1 aromatic carbocycles. The average molecular weight is 361 g/mol. The molecule has 2 aliphatic rings. The van der Waals surface area contributed by atoms with Crippen LogP contribution in [-0.4, -0.2) is 49.7 Å². The summed E-state index contributed by atoms with van der Waals surface area (Å²) in [7, 11) is -3.69. The van der Waals surface area contributed by atoms with Crippen molar-refractivity contribution in [2.24, 2.45) is 5.92 Å². The molecule has 3 rings (SSSR count). The molecule has 0 aliphatic carbocycles. The number of nitriles is 1. The molecule has 1 aromatic rings. The van der Waals surface area contributed by atoms with Crippen LogP contribution in [0.25, 0.3) is 0 Å². The molecule has 0 aromatic heterocycles. The van der Waals surface area contributed by atoms with Gasteiger partial charge in [-0.3, -0.25) is 4.79 Å². The van der Waals surface area contributed by atoms with Crippen molar-refractivity contribution >= 4 is 15.9 Å². The second-order valence-electron chi connectivity index (χ2n) is 6.67. The van der Waals surface area contributed by atoms with E-state index in [-0.39, 0.29) is 22.3 Å². The lowest BCUT2D eigenvalue weighted by Crippen LogP contribution is -2.45. The van der Waals surface area contributed by atoms with Crippen molar-refractivity contribution in [2.75, 3.05) is 26.2 Å². The molecule has 134 valence electrons. The van der Waals surface area contributed by atoms with Crippen molar-refractivity contribution in [1.29, 1.82) is 5.26 Å². The van der Waals surface area contributed by atoms with Gasteiger partial charge in [-0.15, -0.1) is 0 Å². The van der Waals surface area contributed by atoms with Gasteiger partial charge in [-0.25, -0.2) is 8.42 Å². The van der Waals surface area contributed by atoms with E-state index in [9.17, 15) is 13.2 Å². The molecular weight excluding hydrogens is 338 g/mol. The van der Waals surface area contributed by atoms with Gasteiger partial charge in [-0.2, -0.15) is 9.57 Å². The number of benzene rings is 1. The van der Waals surface area contributed by atoms with Gasteiger partial charge in [-0.05, 0) is 44.2 Å². The minimum Gasteiger partial charge on any atom is -0.342 e. The molecule has 25 heavy (non-hydrogen) atoms. The highest BCUT2D eigenvalue weighted by Crippen LogP contribution is 2.27. The third kappa shape index (κ3) is 3.70. The first kappa shape index (κ1) is 17.9. The van der Waals surface area contributed by atoms with E-state index in [1.54, 1.807) is 12.1 Å². The molecule has 2 fully saturated rings. The van der Waals surface area contributed by atoms with Crippen LogP contribution in [0.3, 0.4) is 0 Å². The Morgan fingerprint density at radius 1 is 1.04 bits per heavy atom. The summed E-state index contributed by atoms with van der Waals surface area (Å²) in [4.78, 5) is 14.6. The van der Waals surface area contributed by atoms with Gasteiger partial charge in [0.25, 0.3) is 0 Å².